The van der Waals surface area contributed by atoms with Gasteiger partial charge in [-0.2, -0.15) is 13.2 Å². The standard InChI is InChI=1S/C23H29F3N2O3/c1-3-5-6-7-8-17-14-27-21(28-15-17)18-9-11-19(12-10-18)22(29)31-20(23(24,25)26)16-30-13-4-2/h9-12,14-15,20H,3-8,13,16H2,1-2H3. The van der Waals surface area contributed by atoms with Gasteiger partial charge in [0.1, 0.15) is 0 Å². The molecule has 2 aromatic rings. The second-order valence-electron chi connectivity index (χ2n) is 7.31. The van der Waals surface area contributed by atoms with Crippen LogP contribution in [0.25, 0.3) is 11.4 Å². The van der Waals surface area contributed by atoms with Crippen LogP contribution >= 0.6 is 0 Å². The van der Waals surface area contributed by atoms with Crippen molar-refractivity contribution in [2.45, 2.75) is 64.7 Å². The number of halogens is 3. The van der Waals surface area contributed by atoms with Crippen molar-refractivity contribution in [3.05, 3.63) is 47.8 Å². The van der Waals surface area contributed by atoms with E-state index in [1.807, 2.05) is 0 Å². The Labute approximate surface area is 181 Å². The summed E-state index contributed by atoms with van der Waals surface area (Å²) in [6, 6.07) is 5.98. The lowest BCUT2D eigenvalue weighted by Gasteiger charge is -2.20. The Kier molecular flexibility index (Phi) is 9.91. The summed E-state index contributed by atoms with van der Waals surface area (Å²) in [5.74, 6) is -0.573. The molecule has 1 aromatic carbocycles. The number of alkyl halides is 3. The molecule has 0 bridgehead atoms. The molecule has 0 saturated carbocycles. The fourth-order valence-corrected chi connectivity index (χ4v) is 2.87. The van der Waals surface area contributed by atoms with Crippen molar-refractivity contribution in [2.24, 2.45) is 0 Å². The van der Waals surface area contributed by atoms with Crippen molar-refractivity contribution >= 4 is 5.97 Å². The van der Waals surface area contributed by atoms with E-state index >= 15 is 0 Å². The summed E-state index contributed by atoms with van der Waals surface area (Å²) in [6.45, 7) is 3.39. The maximum absolute atomic E-state index is 13.1. The molecular formula is C23H29F3N2O3. The van der Waals surface area contributed by atoms with E-state index in [1.54, 1.807) is 31.5 Å². The monoisotopic (exact) mass is 438 g/mol. The van der Waals surface area contributed by atoms with Crippen LogP contribution in [0.15, 0.2) is 36.7 Å². The van der Waals surface area contributed by atoms with Crippen molar-refractivity contribution in [1.82, 2.24) is 9.97 Å². The smallest absolute Gasteiger partial charge is 0.427 e. The Hall–Kier alpha value is -2.48. The molecule has 1 heterocycles. The highest BCUT2D eigenvalue weighted by Crippen LogP contribution is 2.25. The highest BCUT2D eigenvalue weighted by Gasteiger charge is 2.43. The van der Waals surface area contributed by atoms with Crippen molar-refractivity contribution in [3.8, 4) is 11.4 Å². The van der Waals surface area contributed by atoms with Gasteiger partial charge in [-0.3, -0.25) is 0 Å². The first kappa shape index (κ1) is 24.8. The van der Waals surface area contributed by atoms with Crippen LogP contribution < -0.4 is 0 Å². The van der Waals surface area contributed by atoms with Gasteiger partial charge in [-0.1, -0.05) is 45.2 Å². The minimum atomic E-state index is -4.70. The lowest BCUT2D eigenvalue weighted by atomic mass is 10.1. The molecule has 1 unspecified atom stereocenters. The third kappa shape index (κ3) is 8.28. The van der Waals surface area contributed by atoms with Gasteiger partial charge in [0.05, 0.1) is 12.2 Å². The topological polar surface area (TPSA) is 61.3 Å². The largest absolute Gasteiger partial charge is 0.447 e. The van der Waals surface area contributed by atoms with Crippen LogP contribution in [0, 0.1) is 0 Å². The second-order valence-corrected chi connectivity index (χ2v) is 7.31. The van der Waals surface area contributed by atoms with Crippen molar-refractivity contribution in [2.75, 3.05) is 13.2 Å². The van der Waals surface area contributed by atoms with Gasteiger partial charge in [0.25, 0.3) is 0 Å². The summed E-state index contributed by atoms with van der Waals surface area (Å²) >= 11 is 0. The molecule has 0 aliphatic carbocycles. The van der Waals surface area contributed by atoms with E-state index in [4.69, 9.17) is 4.74 Å². The molecule has 5 nitrogen and oxygen atoms in total. The van der Waals surface area contributed by atoms with Crippen LogP contribution in [0.1, 0.15) is 61.9 Å². The number of carbonyl (C=O) groups is 1. The highest BCUT2D eigenvalue weighted by atomic mass is 19.4. The number of aromatic nitrogens is 2. The summed E-state index contributed by atoms with van der Waals surface area (Å²) < 4.78 is 48.8. The number of hydrogen-bond donors (Lipinski definition) is 0. The van der Waals surface area contributed by atoms with Crippen molar-refractivity contribution in [3.63, 3.8) is 0 Å². The Morgan fingerprint density at radius 1 is 1.00 bits per heavy atom. The average molecular weight is 438 g/mol. The van der Waals surface area contributed by atoms with Gasteiger partial charge in [-0.25, -0.2) is 14.8 Å². The zero-order chi connectivity index (χ0) is 22.7. The summed E-state index contributed by atoms with van der Waals surface area (Å²) in [4.78, 5) is 20.9. The zero-order valence-electron chi connectivity index (χ0n) is 18.0. The Morgan fingerprint density at radius 2 is 1.68 bits per heavy atom. The molecule has 0 aliphatic heterocycles. The van der Waals surface area contributed by atoms with E-state index in [0.29, 0.717) is 17.8 Å². The number of aryl methyl sites for hydroxylation is 1. The Bertz CT molecular complexity index is 793. The van der Waals surface area contributed by atoms with Gasteiger partial charge in [-0.05, 0) is 37.0 Å². The van der Waals surface area contributed by atoms with Crippen LogP contribution in [-0.4, -0.2) is 41.4 Å². The second kappa shape index (κ2) is 12.4. The fourth-order valence-electron chi connectivity index (χ4n) is 2.87. The Balaban J connectivity index is 1.97. The molecule has 0 radical (unpaired) electrons. The van der Waals surface area contributed by atoms with E-state index < -0.39 is 24.9 Å². The minimum Gasteiger partial charge on any atom is -0.447 e. The quantitative estimate of drug-likeness (QED) is 0.310. The normalized spacial score (nSPS) is 12.5. The molecule has 0 saturated heterocycles. The van der Waals surface area contributed by atoms with Crippen LogP contribution in [-0.2, 0) is 15.9 Å². The molecule has 1 atom stereocenters. The van der Waals surface area contributed by atoms with Gasteiger partial charge >= 0.3 is 12.1 Å². The van der Waals surface area contributed by atoms with Crippen molar-refractivity contribution in [1.29, 1.82) is 0 Å². The third-order valence-electron chi connectivity index (χ3n) is 4.64. The number of esters is 1. The average Bonchev–Trinajstić information content (AvgIpc) is 2.76. The van der Waals surface area contributed by atoms with Gasteiger partial charge in [0.15, 0.2) is 5.82 Å². The van der Waals surface area contributed by atoms with E-state index in [0.717, 1.165) is 18.4 Å². The van der Waals surface area contributed by atoms with E-state index in [-0.39, 0.29) is 12.2 Å². The van der Waals surface area contributed by atoms with E-state index in [9.17, 15) is 18.0 Å². The highest BCUT2D eigenvalue weighted by molar-refractivity contribution is 5.90. The van der Waals surface area contributed by atoms with Crippen molar-refractivity contribution < 1.29 is 27.4 Å². The molecular weight excluding hydrogens is 409 g/mol. The SMILES string of the molecule is CCCCCCc1cnc(-c2ccc(C(=O)OC(COCCC)C(F)(F)F)cc2)nc1. The molecule has 0 amide bonds. The molecule has 8 heteroatoms. The molecule has 0 N–H and O–H groups in total. The van der Waals surface area contributed by atoms with Crippen LogP contribution in [0.4, 0.5) is 13.2 Å². The van der Waals surface area contributed by atoms with Gasteiger partial charge < -0.3 is 9.47 Å². The lowest BCUT2D eigenvalue weighted by Crippen LogP contribution is -2.38. The van der Waals surface area contributed by atoms with E-state index in [1.165, 1.54) is 31.4 Å². The molecule has 2 rings (SSSR count). The molecule has 31 heavy (non-hydrogen) atoms. The molecule has 170 valence electrons. The van der Waals surface area contributed by atoms with Crippen LogP contribution in [0.3, 0.4) is 0 Å². The molecule has 0 aliphatic rings. The third-order valence-corrected chi connectivity index (χ3v) is 4.64. The van der Waals surface area contributed by atoms with Gasteiger partial charge in [0.2, 0.25) is 6.10 Å². The van der Waals surface area contributed by atoms with Gasteiger partial charge in [0, 0.05) is 24.6 Å². The number of benzene rings is 1. The predicted molar refractivity (Wildman–Crippen MR) is 112 cm³/mol. The zero-order valence-corrected chi connectivity index (χ0v) is 18.0. The fraction of sp³-hybridized carbons (Fsp3) is 0.522. The minimum absolute atomic E-state index is 0.0148. The molecule has 1 aromatic heterocycles. The maximum Gasteiger partial charge on any atom is 0.427 e. The summed E-state index contributed by atoms with van der Waals surface area (Å²) in [5.41, 5.74) is 1.73. The van der Waals surface area contributed by atoms with E-state index in [2.05, 4.69) is 21.6 Å². The first-order valence-corrected chi connectivity index (χ1v) is 10.6. The Morgan fingerprint density at radius 3 is 2.26 bits per heavy atom. The summed E-state index contributed by atoms with van der Waals surface area (Å²) in [6.07, 6.45) is 2.71. The summed E-state index contributed by atoms with van der Waals surface area (Å²) in [7, 11) is 0. The van der Waals surface area contributed by atoms with Crippen LogP contribution in [0.5, 0.6) is 0 Å². The number of rotatable bonds is 12. The number of nitrogens with zero attached hydrogens (tertiary/aromatic N) is 2. The maximum atomic E-state index is 13.1. The number of carbonyl (C=O) groups excluding carboxylic acids is 1. The predicted octanol–water partition coefficient (Wildman–Crippen LogP) is 5.78. The number of ether oxygens (including phenoxy) is 2. The number of hydrogen-bond acceptors (Lipinski definition) is 5. The first-order chi connectivity index (χ1) is 14.8. The lowest BCUT2D eigenvalue weighted by molar-refractivity contribution is -0.217. The first-order valence-electron chi connectivity index (χ1n) is 10.6. The van der Waals surface area contributed by atoms with Crippen LogP contribution in [0.2, 0.25) is 0 Å². The summed E-state index contributed by atoms with van der Waals surface area (Å²) in [5, 5.41) is 0. The van der Waals surface area contributed by atoms with Gasteiger partial charge in [-0.15, -0.1) is 0 Å². The molecule has 0 spiro atoms. The number of unbranched alkanes of at least 4 members (excludes halogenated alkanes) is 3. The molecule has 0 fully saturated rings.